The summed E-state index contributed by atoms with van der Waals surface area (Å²) in [5, 5.41) is 6.41. The van der Waals surface area contributed by atoms with Crippen LogP contribution in [0.2, 0.25) is 0 Å². The first-order valence-electron chi connectivity index (χ1n) is 15.6. The van der Waals surface area contributed by atoms with Crippen molar-refractivity contribution in [1.82, 2.24) is 0 Å². The normalized spacial score (nSPS) is 14.6. The minimum absolute atomic E-state index is 0.357. The average molecular weight is 599 g/mol. The Kier molecular flexibility index (Phi) is 5.37. The van der Waals surface area contributed by atoms with Crippen molar-refractivity contribution in [2.45, 2.75) is 26.7 Å². The van der Waals surface area contributed by atoms with Crippen LogP contribution in [-0.4, -0.2) is 23.6 Å². The zero-order valence-corrected chi connectivity index (χ0v) is 25.2. The molecular weight excluding hydrogens is 572 g/mol. The lowest BCUT2D eigenvalue weighted by atomic mass is 9.82. The maximum atomic E-state index is 14.0. The SMILES string of the molecule is CCc1ccc(N2C(=O)c3ccc4c5ccc6c7c(ccc(c8ccc(c3c48)C2=O)c75)C(=O)N(c2ccc(CC)cc2)C6=O)cc1. The van der Waals surface area contributed by atoms with Gasteiger partial charge in [0.2, 0.25) is 0 Å². The second kappa shape index (κ2) is 9.31. The topological polar surface area (TPSA) is 74.8 Å². The number of rotatable bonds is 4. The lowest BCUT2D eigenvalue weighted by molar-refractivity contribution is 0.0877. The first kappa shape index (κ1) is 26.5. The summed E-state index contributed by atoms with van der Waals surface area (Å²) in [6.07, 6.45) is 1.72. The fourth-order valence-electron chi connectivity index (χ4n) is 7.50. The molecule has 0 fully saturated rings. The molecule has 0 bridgehead atoms. The van der Waals surface area contributed by atoms with Crippen LogP contribution in [0.15, 0.2) is 97.1 Å². The van der Waals surface area contributed by atoms with Gasteiger partial charge in [-0.25, -0.2) is 9.80 Å². The van der Waals surface area contributed by atoms with Crippen LogP contribution in [0.1, 0.15) is 66.4 Å². The van der Waals surface area contributed by atoms with Gasteiger partial charge >= 0.3 is 0 Å². The number of fused-ring (bicyclic) bond motifs is 2. The van der Waals surface area contributed by atoms with Gasteiger partial charge in [-0.05, 0) is 105 Å². The molecule has 7 aromatic carbocycles. The molecule has 0 spiro atoms. The number of nitrogens with zero attached hydrogens (tertiary/aromatic N) is 2. The van der Waals surface area contributed by atoms with Gasteiger partial charge in [0.25, 0.3) is 23.6 Å². The van der Waals surface area contributed by atoms with Crippen LogP contribution < -0.4 is 9.80 Å². The van der Waals surface area contributed by atoms with E-state index in [0.717, 1.165) is 56.3 Å². The number of hydrogen-bond acceptors (Lipinski definition) is 4. The fourth-order valence-corrected chi connectivity index (χ4v) is 7.50. The number of aryl methyl sites for hydroxylation is 2. The zero-order chi connectivity index (χ0) is 31.4. The minimum Gasteiger partial charge on any atom is -0.268 e. The minimum atomic E-state index is -0.357. The fraction of sp³-hybridized carbons (Fsp3) is 0.100. The molecule has 7 aromatic rings. The molecule has 2 heterocycles. The smallest absolute Gasteiger partial charge is 0.265 e. The van der Waals surface area contributed by atoms with Crippen LogP contribution in [0.4, 0.5) is 11.4 Å². The Morgan fingerprint density at radius 1 is 0.370 bits per heavy atom. The second-order valence-corrected chi connectivity index (χ2v) is 12.1. The number of imide groups is 2. The number of hydrogen-bond donors (Lipinski definition) is 0. The number of carbonyl (C=O) groups excluding carboxylic acids is 4. The molecule has 2 aliphatic heterocycles. The highest BCUT2D eigenvalue weighted by Gasteiger charge is 2.37. The molecule has 2 aliphatic rings. The first-order chi connectivity index (χ1) is 22.4. The largest absolute Gasteiger partial charge is 0.268 e. The van der Waals surface area contributed by atoms with Crippen molar-refractivity contribution in [3.63, 3.8) is 0 Å². The summed E-state index contributed by atoms with van der Waals surface area (Å²) in [5.41, 5.74) is 5.22. The molecule has 46 heavy (non-hydrogen) atoms. The molecule has 0 radical (unpaired) electrons. The van der Waals surface area contributed by atoms with Crippen LogP contribution in [0, 0.1) is 0 Å². The Balaban J connectivity index is 1.27. The summed E-state index contributed by atoms with van der Waals surface area (Å²) in [7, 11) is 0. The summed E-state index contributed by atoms with van der Waals surface area (Å²) in [4.78, 5) is 58.3. The molecule has 0 unspecified atom stereocenters. The highest BCUT2D eigenvalue weighted by Crippen LogP contribution is 2.47. The molecule has 6 nitrogen and oxygen atoms in total. The van der Waals surface area contributed by atoms with E-state index in [1.807, 2.05) is 72.8 Å². The number of anilines is 2. The molecule has 0 saturated heterocycles. The van der Waals surface area contributed by atoms with Crippen molar-refractivity contribution < 1.29 is 19.2 Å². The third-order valence-corrected chi connectivity index (χ3v) is 9.84. The second-order valence-electron chi connectivity index (χ2n) is 12.1. The third kappa shape index (κ3) is 3.30. The van der Waals surface area contributed by atoms with Gasteiger partial charge in [-0.1, -0.05) is 62.4 Å². The van der Waals surface area contributed by atoms with Gasteiger partial charge in [-0.15, -0.1) is 0 Å². The molecular formula is C40H26N2O4. The molecule has 4 amide bonds. The lowest BCUT2D eigenvalue weighted by Crippen LogP contribution is -2.40. The zero-order valence-electron chi connectivity index (χ0n) is 25.2. The van der Waals surface area contributed by atoms with E-state index in [-0.39, 0.29) is 23.6 Å². The van der Waals surface area contributed by atoms with Crippen LogP contribution >= 0.6 is 0 Å². The maximum Gasteiger partial charge on any atom is 0.265 e. The predicted molar refractivity (Wildman–Crippen MR) is 182 cm³/mol. The van der Waals surface area contributed by atoms with Gasteiger partial charge in [0.15, 0.2) is 0 Å². The summed E-state index contributed by atoms with van der Waals surface area (Å²) < 4.78 is 0. The van der Waals surface area contributed by atoms with Gasteiger partial charge in [-0.2, -0.15) is 0 Å². The highest BCUT2D eigenvalue weighted by atomic mass is 16.2. The third-order valence-electron chi connectivity index (χ3n) is 9.84. The maximum absolute atomic E-state index is 14.0. The van der Waals surface area contributed by atoms with Crippen LogP contribution in [0.25, 0.3) is 43.1 Å². The molecule has 0 aromatic heterocycles. The molecule has 0 N–H and O–H groups in total. The Bertz CT molecular complexity index is 2210. The molecule has 6 heteroatoms. The van der Waals surface area contributed by atoms with Crippen molar-refractivity contribution in [3.05, 3.63) is 130 Å². The number of carbonyl (C=O) groups is 4. The molecule has 9 rings (SSSR count). The Labute approximate surface area is 263 Å². The summed E-state index contributed by atoms with van der Waals surface area (Å²) >= 11 is 0. The summed E-state index contributed by atoms with van der Waals surface area (Å²) in [6, 6.07) is 30.0. The molecule has 0 saturated carbocycles. The highest BCUT2D eigenvalue weighted by molar-refractivity contribution is 6.45. The van der Waals surface area contributed by atoms with Crippen LogP contribution in [0.3, 0.4) is 0 Å². The lowest BCUT2D eigenvalue weighted by Gasteiger charge is -2.30. The Morgan fingerprint density at radius 2 is 0.652 bits per heavy atom. The Hall–Kier alpha value is -5.88. The van der Waals surface area contributed by atoms with Crippen molar-refractivity contribution in [1.29, 1.82) is 0 Å². The van der Waals surface area contributed by atoms with Crippen LogP contribution in [0.5, 0.6) is 0 Å². The quantitative estimate of drug-likeness (QED) is 0.116. The molecule has 0 atom stereocenters. The monoisotopic (exact) mass is 598 g/mol. The standard InChI is InChI=1S/C40H26N2O4/c1-3-21-5-9-23(10-6-21)41-37(43)29-17-13-25-27-15-19-31-36-32(40(46)42(39(31)45)24-11-7-22(4-2)8-12-24)20-16-28(34(27)36)26-14-18-30(38(41)44)35(29)33(25)26/h5-20H,3-4H2,1-2H3. The van der Waals surface area contributed by atoms with Crippen molar-refractivity contribution in [3.8, 4) is 0 Å². The number of benzene rings is 7. The van der Waals surface area contributed by atoms with E-state index in [2.05, 4.69) is 13.8 Å². The van der Waals surface area contributed by atoms with E-state index in [1.54, 1.807) is 24.3 Å². The van der Waals surface area contributed by atoms with E-state index in [9.17, 15) is 19.2 Å². The van der Waals surface area contributed by atoms with Crippen molar-refractivity contribution in [2.24, 2.45) is 0 Å². The van der Waals surface area contributed by atoms with Gasteiger partial charge in [0.05, 0.1) is 11.4 Å². The van der Waals surface area contributed by atoms with Gasteiger partial charge in [0.1, 0.15) is 0 Å². The van der Waals surface area contributed by atoms with E-state index in [1.165, 1.54) is 9.80 Å². The van der Waals surface area contributed by atoms with E-state index in [4.69, 9.17) is 0 Å². The summed E-state index contributed by atoms with van der Waals surface area (Å²) in [5.74, 6) is -1.43. The van der Waals surface area contributed by atoms with Crippen LogP contribution in [-0.2, 0) is 12.8 Å². The number of amides is 4. The molecule has 220 valence electrons. The van der Waals surface area contributed by atoms with E-state index >= 15 is 0 Å². The van der Waals surface area contributed by atoms with Crippen molar-refractivity contribution >= 4 is 78.1 Å². The predicted octanol–water partition coefficient (Wildman–Crippen LogP) is 8.46. The van der Waals surface area contributed by atoms with Gasteiger partial charge in [-0.3, -0.25) is 19.2 Å². The van der Waals surface area contributed by atoms with Gasteiger partial charge in [0, 0.05) is 33.0 Å². The van der Waals surface area contributed by atoms with E-state index < -0.39 is 0 Å². The summed E-state index contributed by atoms with van der Waals surface area (Å²) in [6.45, 7) is 4.12. The first-order valence-corrected chi connectivity index (χ1v) is 15.6. The van der Waals surface area contributed by atoms with E-state index in [0.29, 0.717) is 44.4 Å². The van der Waals surface area contributed by atoms with Gasteiger partial charge < -0.3 is 0 Å². The average Bonchev–Trinajstić information content (AvgIpc) is 3.09. The molecule has 0 aliphatic carbocycles. The van der Waals surface area contributed by atoms with Crippen molar-refractivity contribution in [2.75, 3.05) is 9.80 Å². The Morgan fingerprint density at radius 3 is 0.913 bits per heavy atom.